The average molecular weight is 389 g/mol. The van der Waals surface area contributed by atoms with Crippen molar-refractivity contribution in [2.24, 2.45) is 0 Å². The van der Waals surface area contributed by atoms with Gasteiger partial charge in [-0.3, -0.25) is 4.98 Å². The van der Waals surface area contributed by atoms with Crippen LogP contribution in [0.3, 0.4) is 0 Å². The van der Waals surface area contributed by atoms with Crippen LogP contribution in [0.1, 0.15) is 37.8 Å². The van der Waals surface area contributed by atoms with E-state index in [4.69, 9.17) is 9.47 Å². The molecule has 3 heterocycles. The predicted molar refractivity (Wildman–Crippen MR) is 116 cm³/mol. The minimum atomic E-state index is -0.456. The van der Waals surface area contributed by atoms with Crippen molar-refractivity contribution in [1.29, 1.82) is 0 Å². The van der Waals surface area contributed by atoms with E-state index >= 15 is 0 Å². The number of ether oxygens (including phenoxy) is 2. The highest BCUT2D eigenvalue weighted by molar-refractivity contribution is 5.88. The lowest BCUT2D eigenvalue weighted by atomic mass is 9.95. The maximum absolute atomic E-state index is 6.42. The molecule has 0 N–H and O–H groups in total. The highest BCUT2D eigenvalue weighted by Crippen LogP contribution is 2.40. The standard InChI is InChI=1S/C25H28N2O2/c1-17(2)27-13-10-25(11-14-27)28-16-21-15-20(7-9-23(21)29-25)22-8-6-19-5-4-12-26-24(19)18(22)3/h4-9,12,15,17H,10-11,13-14,16H2,1-3H3. The first kappa shape index (κ1) is 18.6. The molecule has 5 rings (SSSR count). The van der Waals surface area contributed by atoms with Crippen LogP contribution in [0.2, 0.25) is 0 Å². The average Bonchev–Trinajstić information content (AvgIpc) is 2.74. The SMILES string of the molecule is Cc1c(-c2ccc3c(c2)COC2(CCN(C(C)C)CC2)O3)ccc2cccnc12. The fourth-order valence-electron chi connectivity index (χ4n) is 4.63. The van der Waals surface area contributed by atoms with Crippen LogP contribution in [0.15, 0.2) is 48.7 Å². The van der Waals surface area contributed by atoms with E-state index in [1.165, 1.54) is 22.1 Å². The number of aryl methyl sites for hydroxylation is 1. The smallest absolute Gasteiger partial charge is 0.213 e. The van der Waals surface area contributed by atoms with Crippen molar-refractivity contribution in [2.75, 3.05) is 13.1 Å². The van der Waals surface area contributed by atoms with E-state index in [1.54, 1.807) is 0 Å². The maximum Gasteiger partial charge on any atom is 0.213 e. The van der Waals surface area contributed by atoms with Crippen molar-refractivity contribution < 1.29 is 9.47 Å². The van der Waals surface area contributed by atoms with Gasteiger partial charge in [-0.1, -0.05) is 24.3 Å². The number of rotatable bonds is 2. The molecule has 0 radical (unpaired) electrons. The number of hydrogen-bond donors (Lipinski definition) is 0. The number of likely N-dealkylation sites (tertiary alicyclic amines) is 1. The van der Waals surface area contributed by atoms with E-state index in [0.29, 0.717) is 12.6 Å². The summed E-state index contributed by atoms with van der Waals surface area (Å²) in [6.07, 6.45) is 3.70. The molecule has 0 saturated carbocycles. The molecule has 2 aliphatic heterocycles. The first-order valence-electron chi connectivity index (χ1n) is 10.6. The summed E-state index contributed by atoms with van der Waals surface area (Å²) >= 11 is 0. The molecular weight excluding hydrogens is 360 g/mol. The molecule has 1 fully saturated rings. The molecule has 1 saturated heterocycles. The van der Waals surface area contributed by atoms with Gasteiger partial charge < -0.3 is 14.4 Å². The molecule has 150 valence electrons. The maximum atomic E-state index is 6.42. The van der Waals surface area contributed by atoms with Crippen molar-refractivity contribution in [1.82, 2.24) is 9.88 Å². The highest BCUT2D eigenvalue weighted by Gasteiger charge is 2.41. The highest BCUT2D eigenvalue weighted by atomic mass is 16.7. The molecule has 0 atom stereocenters. The second-order valence-electron chi connectivity index (χ2n) is 8.57. The van der Waals surface area contributed by atoms with Crippen LogP contribution in [-0.4, -0.2) is 34.8 Å². The summed E-state index contributed by atoms with van der Waals surface area (Å²) in [6.45, 7) is 9.30. The summed E-state index contributed by atoms with van der Waals surface area (Å²) in [6, 6.07) is 15.5. The van der Waals surface area contributed by atoms with Crippen LogP contribution >= 0.6 is 0 Å². The van der Waals surface area contributed by atoms with Gasteiger partial charge in [0, 0.05) is 49.1 Å². The number of aromatic nitrogens is 1. The van der Waals surface area contributed by atoms with Gasteiger partial charge in [0.25, 0.3) is 0 Å². The molecule has 29 heavy (non-hydrogen) atoms. The second kappa shape index (κ2) is 7.12. The molecule has 0 aliphatic carbocycles. The van der Waals surface area contributed by atoms with Gasteiger partial charge in [0.15, 0.2) is 0 Å². The Kier molecular flexibility index (Phi) is 4.56. The Hall–Kier alpha value is -2.43. The normalized spacial score (nSPS) is 18.8. The predicted octanol–water partition coefficient (Wildman–Crippen LogP) is 5.32. The van der Waals surface area contributed by atoms with Gasteiger partial charge in [0.2, 0.25) is 5.79 Å². The van der Waals surface area contributed by atoms with E-state index < -0.39 is 5.79 Å². The zero-order valence-electron chi connectivity index (χ0n) is 17.4. The third-order valence-corrected chi connectivity index (χ3v) is 6.48. The lowest BCUT2D eigenvalue weighted by Gasteiger charge is -2.45. The summed E-state index contributed by atoms with van der Waals surface area (Å²) < 4.78 is 12.7. The van der Waals surface area contributed by atoms with Crippen LogP contribution in [-0.2, 0) is 11.3 Å². The zero-order chi connectivity index (χ0) is 20.0. The van der Waals surface area contributed by atoms with Crippen molar-refractivity contribution in [2.45, 2.75) is 52.0 Å². The Morgan fingerprint density at radius 1 is 1.07 bits per heavy atom. The number of hydrogen-bond acceptors (Lipinski definition) is 4. The second-order valence-corrected chi connectivity index (χ2v) is 8.57. The summed E-state index contributed by atoms with van der Waals surface area (Å²) in [5, 5.41) is 1.17. The Morgan fingerprint density at radius 3 is 2.69 bits per heavy atom. The van der Waals surface area contributed by atoms with Gasteiger partial charge in [-0.25, -0.2) is 0 Å². The number of nitrogens with zero attached hydrogens (tertiary/aromatic N) is 2. The summed E-state index contributed by atoms with van der Waals surface area (Å²) in [4.78, 5) is 7.07. The van der Waals surface area contributed by atoms with Gasteiger partial charge in [-0.05, 0) is 55.7 Å². The van der Waals surface area contributed by atoms with Gasteiger partial charge in [-0.2, -0.15) is 0 Å². The van der Waals surface area contributed by atoms with E-state index in [9.17, 15) is 0 Å². The molecule has 4 heteroatoms. The van der Waals surface area contributed by atoms with Crippen LogP contribution in [0.5, 0.6) is 5.75 Å². The first-order chi connectivity index (χ1) is 14.0. The topological polar surface area (TPSA) is 34.6 Å². The largest absolute Gasteiger partial charge is 0.462 e. The molecule has 2 aliphatic rings. The van der Waals surface area contributed by atoms with Crippen molar-refractivity contribution in [3.63, 3.8) is 0 Å². The van der Waals surface area contributed by atoms with Crippen LogP contribution in [0, 0.1) is 6.92 Å². The number of piperidine rings is 1. The van der Waals surface area contributed by atoms with E-state index in [1.807, 2.05) is 12.3 Å². The molecule has 4 nitrogen and oxygen atoms in total. The van der Waals surface area contributed by atoms with Gasteiger partial charge in [0.1, 0.15) is 5.75 Å². The lowest BCUT2D eigenvalue weighted by Crippen LogP contribution is -2.52. The van der Waals surface area contributed by atoms with Crippen LogP contribution in [0.4, 0.5) is 0 Å². The van der Waals surface area contributed by atoms with Gasteiger partial charge >= 0.3 is 0 Å². The summed E-state index contributed by atoms with van der Waals surface area (Å²) in [5.74, 6) is 0.512. The molecule has 0 unspecified atom stereocenters. The lowest BCUT2D eigenvalue weighted by molar-refractivity contribution is -0.229. The summed E-state index contributed by atoms with van der Waals surface area (Å²) in [5.41, 5.74) is 5.79. The number of pyridine rings is 1. The van der Waals surface area contributed by atoms with Crippen molar-refractivity contribution in [3.8, 4) is 16.9 Å². The third kappa shape index (κ3) is 3.30. The Labute approximate surface area is 172 Å². The van der Waals surface area contributed by atoms with Crippen LogP contribution in [0.25, 0.3) is 22.0 Å². The van der Waals surface area contributed by atoms with Crippen molar-refractivity contribution in [3.05, 3.63) is 59.8 Å². The molecule has 2 aromatic carbocycles. The molecule has 0 bridgehead atoms. The zero-order valence-corrected chi connectivity index (χ0v) is 17.4. The van der Waals surface area contributed by atoms with Gasteiger partial charge in [0.05, 0.1) is 12.1 Å². The fraction of sp³-hybridized carbons (Fsp3) is 0.400. The molecule has 1 aromatic heterocycles. The molecule has 1 spiro atoms. The van der Waals surface area contributed by atoms with Crippen molar-refractivity contribution >= 4 is 10.9 Å². The number of benzene rings is 2. The molecular formula is C25H28N2O2. The molecule has 0 amide bonds. The first-order valence-corrected chi connectivity index (χ1v) is 10.6. The summed E-state index contributed by atoms with van der Waals surface area (Å²) in [7, 11) is 0. The Balaban J connectivity index is 1.42. The van der Waals surface area contributed by atoms with Crippen LogP contribution < -0.4 is 4.74 Å². The van der Waals surface area contributed by atoms with E-state index in [2.05, 4.69) is 67.1 Å². The monoisotopic (exact) mass is 388 g/mol. The third-order valence-electron chi connectivity index (χ3n) is 6.48. The number of fused-ring (bicyclic) bond motifs is 2. The Bertz CT molecular complexity index is 1050. The molecule has 3 aromatic rings. The minimum Gasteiger partial charge on any atom is -0.462 e. The fourth-order valence-corrected chi connectivity index (χ4v) is 4.63. The van der Waals surface area contributed by atoms with E-state index in [0.717, 1.165) is 42.8 Å². The minimum absolute atomic E-state index is 0.456. The quantitative estimate of drug-likeness (QED) is 0.595. The van der Waals surface area contributed by atoms with Gasteiger partial charge in [-0.15, -0.1) is 0 Å². The Morgan fingerprint density at radius 2 is 1.90 bits per heavy atom. The van der Waals surface area contributed by atoms with E-state index in [-0.39, 0.29) is 0 Å².